The third-order valence-corrected chi connectivity index (χ3v) is 5.15. The Bertz CT molecular complexity index is 715. The fourth-order valence-corrected chi connectivity index (χ4v) is 3.88. The van der Waals surface area contributed by atoms with E-state index in [0.717, 1.165) is 29.0 Å². The Balaban J connectivity index is 1.85. The third kappa shape index (κ3) is 2.77. The van der Waals surface area contributed by atoms with Crippen molar-refractivity contribution in [3.63, 3.8) is 0 Å². The maximum Gasteiger partial charge on any atom is 0.134 e. The molecule has 0 radical (unpaired) electrons. The average molecular weight is 294 g/mol. The van der Waals surface area contributed by atoms with E-state index in [9.17, 15) is 5.26 Å². The highest BCUT2D eigenvalue weighted by atomic mass is 32.1. The van der Waals surface area contributed by atoms with Gasteiger partial charge in [-0.3, -0.25) is 0 Å². The van der Waals surface area contributed by atoms with Crippen molar-refractivity contribution in [3.8, 4) is 6.07 Å². The van der Waals surface area contributed by atoms with E-state index in [1.165, 1.54) is 22.4 Å². The molecule has 1 aliphatic rings. The summed E-state index contributed by atoms with van der Waals surface area (Å²) in [5.74, 6) is 0.543. The number of benzene rings is 1. The summed E-state index contributed by atoms with van der Waals surface area (Å²) in [6, 6.07) is 10.8. The van der Waals surface area contributed by atoms with Crippen molar-refractivity contribution in [1.82, 2.24) is 0 Å². The lowest BCUT2D eigenvalue weighted by Gasteiger charge is -2.04. The van der Waals surface area contributed by atoms with Crippen LogP contribution in [-0.2, 0) is 12.8 Å². The summed E-state index contributed by atoms with van der Waals surface area (Å²) in [5.41, 5.74) is 4.45. The lowest BCUT2D eigenvalue weighted by atomic mass is 10.0. The molecule has 0 amide bonds. The molecule has 0 atom stereocenters. The van der Waals surface area contributed by atoms with Crippen LogP contribution in [0.2, 0.25) is 0 Å². The minimum atomic E-state index is 0.543. The van der Waals surface area contributed by atoms with Crippen LogP contribution in [0.15, 0.2) is 29.3 Å². The molecule has 2 nitrogen and oxygen atoms in total. The van der Waals surface area contributed by atoms with Crippen LogP contribution in [0, 0.1) is 11.3 Å². The van der Waals surface area contributed by atoms with E-state index in [1.54, 1.807) is 11.3 Å². The summed E-state index contributed by atoms with van der Waals surface area (Å²) >= 11 is 1.68. The average Bonchev–Trinajstić information content (AvgIpc) is 3.05. The van der Waals surface area contributed by atoms with E-state index in [1.807, 2.05) is 6.21 Å². The Morgan fingerprint density at radius 2 is 2.00 bits per heavy atom. The molecule has 0 bridgehead atoms. The summed E-state index contributed by atoms with van der Waals surface area (Å²) in [7, 11) is 0. The molecule has 2 aromatic rings. The molecule has 0 aliphatic heterocycles. The molecule has 106 valence electrons. The Labute approximate surface area is 129 Å². The van der Waals surface area contributed by atoms with Crippen molar-refractivity contribution in [2.24, 2.45) is 4.99 Å². The fraction of sp³-hybridized carbons (Fsp3) is 0.333. The molecule has 0 unspecified atom stereocenters. The van der Waals surface area contributed by atoms with Crippen LogP contribution in [0.5, 0.6) is 0 Å². The molecular weight excluding hydrogens is 276 g/mol. The van der Waals surface area contributed by atoms with Crippen molar-refractivity contribution in [2.45, 2.75) is 39.0 Å². The van der Waals surface area contributed by atoms with Gasteiger partial charge in [0.1, 0.15) is 11.1 Å². The number of aryl methyl sites for hydroxylation is 1. The van der Waals surface area contributed by atoms with E-state index in [-0.39, 0.29) is 0 Å². The zero-order chi connectivity index (χ0) is 14.8. The van der Waals surface area contributed by atoms with Crippen LogP contribution in [-0.4, -0.2) is 6.21 Å². The van der Waals surface area contributed by atoms with E-state index < -0.39 is 0 Å². The Hall–Kier alpha value is -1.92. The maximum absolute atomic E-state index is 9.35. The topological polar surface area (TPSA) is 36.1 Å². The van der Waals surface area contributed by atoms with E-state index in [2.05, 4.69) is 49.2 Å². The second-order valence-electron chi connectivity index (χ2n) is 5.73. The number of nitrogens with zero attached hydrogens (tertiary/aromatic N) is 2. The summed E-state index contributed by atoms with van der Waals surface area (Å²) in [5, 5.41) is 10.2. The Kier molecular flexibility index (Phi) is 3.90. The van der Waals surface area contributed by atoms with E-state index >= 15 is 0 Å². The van der Waals surface area contributed by atoms with Crippen LogP contribution in [0.25, 0.3) is 0 Å². The fourth-order valence-electron chi connectivity index (χ4n) is 2.70. The number of nitriles is 1. The number of hydrogen-bond donors (Lipinski definition) is 0. The molecule has 3 rings (SSSR count). The molecule has 0 saturated heterocycles. The minimum absolute atomic E-state index is 0.543. The highest BCUT2D eigenvalue weighted by Gasteiger charge is 2.21. The predicted molar refractivity (Wildman–Crippen MR) is 88.8 cm³/mol. The molecule has 0 spiro atoms. The summed E-state index contributed by atoms with van der Waals surface area (Å²) in [6.45, 7) is 4.38. The van der Waals surface area contributed by atoms with Crippen molar-refractivity contribution < 1.29 is 0 Å². The van der Waals surface area contributed by atoms with Crippen LogP contribution in [0.3, 0.4) is 0 Å². The summed E-state index contributed by atoms with van der Waals surface area (Å²) in [4.78, 5) is 5.91. The molecule has 3 heteroatoms. The SMILES string of the molecule is CC(C)c1ccc(/C=N/c2sc3c(c2C#N)CCC3)cc1. The van der Waals surface area contributed by atoms with Crippen LogP contribution in [0.1, 0.15) is 53.3 Å². The van der Waals surface area contributed by atoms with Gasteiger partial charge in [0.25, 0.3) is 0 Å². The molecule has 0 N–H and O–H groups in total. The number of thiophene rings is 1. The predicted octanol–water partition coefficient (Wildman–Crippen LogP) is 4.98. The van der Waals surface area contributed by atoms with Crippen molar-refractivity contribution in [1.29, 1.82) is 5.26 Å². The standard InChI is InChI=1S/C18H18N2S/c1-12(2)14-8-6-13(7-9-14)11-20-18-16(10-19)15-4-3-5-17(15)21-18/h6-9,11-12H,3-5H2,1-2H3/b20-11+. The van der Waals surface area contributed by atoms with Gasteiger partial charge in [-0.25, -0.2) is 4.99 Å². The number of fused-ring (bicyclic) bond motifs is 1. The van der Waals surface area contributed by atoms with Gasteiger partial charge >= 0.3 is 0 Å². The molecule has 0 fully saturated rings. The zero-order valence-corrected chi connectivity index (χ0v) is 13.2. The lowest BCUT2D eigenvalue weighted by Crippen LogP contribution is -1.88. The van der Waals surface area contributed by atoms with Gasteiger partial charge in [-0.2, -0.15) is 5.26 Å². The first-order chi connectivity index (χ1) is 10.2. The van der Waals surface area contributed by atoms with Crippen molar-refractivity contribution in [3.05, 3.63) is 51.4 Å². The normalized spacial score (nSPS) is 13.8. The molecule has 21 heavy (non-hydrogen) atoms. The van der Waals surface area contributed by atoms with Crippen LogP contribution >= 0.6 is 11.3 Å². The van der Waals surface area contributed by atoms with E-state index in [4.69, 9.17) is 0 Å². The van der Waals surface area contributed by atoms with Crippen molar-refractivity contribution in [2.75, 3.05) is 0 Å². The van der Waals surface area contributed by atoms with Gasteiger partial charge in [-0.15, -0.1) is 11.3 Å². The van der Waals surface area contributed by atoms with Gasteiger partial charge in [-0.05, 0) is 41.9 Å². The zero-order valence-electron chi connectivity index (χ0n) is 12.4. The number of aliphatic imine (C=N–C) groups is 1. The van der Waals surface area contributed by atoms with Gasteiger partial charge in [-0.1, -0.05) is 38.1 Å². The molecule has 1 aromatic heterocycles. The second-order valence-corrected chi connectivity index (χ2v) is 6.81. The third-order valence-electron chi connectivity index (χ3n) is 3.95. The van der Waals surface area contributed by atoms with Crippen LogP contribution in [0.4, 0.5) is 5.00 Å². The maximum atomic E-state index is 9.35. The highest BCUT2D eigenvalue weighted by molar-refractivity contribution is 7.16. The Morgan fingerprint density at radius 1 is 1.24 bits per heavy atom. The van der Waals surface area contributed by atoms with Gasteiger partial charge in [0, 0.05) is 11.1 Å². The molecule has 1 aromatic carbocycles. The summed E-state index contributed by atoms with van der Waals surface area (Å²) in [6.07, 6.45) is 5.18. The van der Waals surface area contributed by atoms with Gasteiger partial charge in [0.15, 0.2) is 0 Å². The second kappa shape index (κ2) is 5.83. The first-order valence-corrected chi connectivity index (χ1v) is 8.19. The highest BCUT2D eigenvalue weighted by Crippen LogP contribution is 2.40. The first-order valence-electron chi connectivity index (χ1n) is 7.37. The molecule has 1 aliphatic carbocycles. The first kappa shape index (κ1) is 14.0. The summed E-state index contributed by atoms with van der Waals surface area (Å²) < 4.78 is 0. The van der Waals surface area contributed by atoms with Gasteiger partial charge < -0.3 is 0 Å². The monoisotopic (exact) mass is 294 g/mol. The lowest BCUT2D eigenvalue weighted by molar-refractivity contribution is 0.866. The van der Waals surface area contributed by atoms with Crippen molar-refractivity contribution >= 4 is 22.6 Å². The molecular formula is C18H18N2S. The Morgan fingerprint density at radius 3 is 2.67 bits per heavy atom. The number of hydrogen-bond acceptors (Lipinski definition) is 3. The minimum Gasteiger partial charge on any atom is -0.244 e. The molecule has 0 saturated carbocycles. The van der Waals surface area contributed by atoms with Crippen LogP contribution < -0.4 is 0 Å². The smallest absolute Gasteiger partial charge is 0.134 e. The van der Waals surface area contributed by atoms with E-state index in [0.29, 0.717) is 5.92 Å². The molecule has 1 heterocycles. The quantitative estimate of drug-likeness (QED) is 0.735. The van der Waals surface area contributed by atoms with Gasteiger partial charge in [0.2, 0.25) is 0 Å². The largest absolute Gasteiger partial charge is 0.244 e. The van der Waals surface area contributed by atoms with Gasteiger partial charge in [0.05, 0.1) is 5.56 Å². The number of rotatable bonds is 3.